The lowest BCUT2D eigenvalue weighted by molar-refractivity contribution is -0.128. The summed E-state index contributed by atoms with van der Waals surface area (Å²) in [5.74, 6) is -0.0763. The normalized spacial score (nSPS) is 13.0. The molecule has 0 fully saturated rings. The number of nitrogens with zero attached hydrogens (tertiary/aromatic N) is 1. The van der Waals surface area contributed by atoms with Crippen molar-refractivity contribution in [2.45, 2.75) is 46.1 Å². The number of amides is 2. The van der Waals surface area contributed by atoms with Gasteiger partial charge in [0.2, 0.25) is 11.8 Å². The minimum Gasteiger partial charge on any atom is -0.356 e. The van der Waals surface area contributed by atoms with Gasteiger partial charge in [0.25, 0.3) is 0 Å². The number of carbonyl (C=O) groups is 2. The molecule has 3 N–H and O–H groups in total. The molecule has 0 aliphatic carbocycles. The van der Waals surface area contributed by atoms with Crippen LogP contribution < -0.4 is 11.1 Å². The van der Waals surface area contributed by atoms with Gasteiger partial charge in [0, 0.05) is 39.5 Å². The molecule has 1 unspecified atom stereocenters. The highest BCUT2D eigenvalue weighted by Gasteiger charge is 2.18. The lowest BCUT2D eigenvalue weighted by atomic mass is 9.87. The van der Waals surface area contributed by atoms with E-state index >= 15 is 0 Å². The van der Waals surface area contributed by atoms with Gasteiger partial charge in [0.15, 0.2) is 0 Å². The Balaban J connectivity index is 3.81. The molecule has 106 valence electrons. The maximum Gasteiger partial charge on any atom is 0.223 e. The summed E-state index contributed by atoms with van der Waals surface area (Å²) >= 11 is 0. The second kappa shape index (κ2) is 7.36. The minimum absolute atomic E-state index is 0.00860. The van der Waals surface area contributed by atoms with E-state index in [0.717, 1.165) is 6.42 Å². The molecule has 0 aliphatic heterocycles. The van der Waals surface area contributed by atoms with Crippen molar-refractivity contribution in [2.24, 2.45) is 11.1 Å². The van der Waals surface area contributed by atoms with Gasteiger partial charge in [0.1, 0.15) is 0 Å². The molecule has 0 radical (unpaired) electrons. The highest BCUT2D eigenvalue weighted by molar-refractivity contribution is 5.79. The zero-order valence-corrected chi connectivity index (χ0v) is 12.2. The summed E-state index contributed by atoms with van der Waals surface area (Å²) in [7, 11) is 3.40. The molecular weight excluding hydrogens is 230 g/mol. The predicted molar refractivity (Wildman–Crippen MR) is 73.0 cm³/mol. The predicted octanol–water partition coefficient (Wildman–Crippen LogP) is 0.735. The summed E-state index contributed by atoms with van der Waals surface area (Å²) in [6.45, 7) is 6.67. The van der Waals surface area contributed by atoms with Gasteiger partial charge in [-0.15, -0.1) is 0 Å². The van der Waals surface area contributed by atoms with E-state index in [4.69, 9.17) is 5.73 Å². The zero-order chi connectivity index (χ0) is 14.3. The molecule has 0 aromatic carbocycles. The quantitative estimate of drug-likeness (QED) is 0.736. The maximum atomic E-state index is 11.6. The Morgan fingerprint density at radius 3 is 2.28 bits per heavy atom. The highest BCUT2D eigenvalue weighted by Crippen LogP contribution is 2.20. The van der Waals surface area contributed by atoms with Gasteiger partial charge in [-0.3, -0.25) is 9.59 Å². The second-order valence-corrected chi connectivity index (χ2v) is 6.12. The van der Waals surface area contributed by atoms with Crippen molar-refractivity contribution in [1.82, 2.24) is 10.2 Å². The van der Waals surface area contributed by atoms with Crippen LogP contribution in [0.2, 0.25) is 0 Å². The molecule has 5 heteroatoms. The van der Waals surface area contributed by atoms with Crippen molar-refractivity contribution < 1.29 is 9.59 Å². The van der Waals surface area contributed by atoms with Gasteiger partial charge in [0.05, 0.1) is 0 Å². The highest BCUT2D eigenvalue weighted by atomic mass is 16.2. The fraction of sp³-hybridized carbons (Fsp3) is 0.846. The molecule has 5 nitrogen and oxygen atoms in total. The molecule has 0 aromatic rings. The first-order valence-electron chi connectivity index (χ1n) is 6.34. The zero-order valence-electron chi connectivity index (χ0n) is 12.2. The lowest BCUT2D eigenvalue weighted by Crippen LogP contribution is -2.35. The van der Waals surface area contributed by atoms with E-state index in [-0.39, 0.29) is 23.3 Å². The van der Waals surface area contributed by atoms with Crippen molar-refractivity contribution in [3.63, 3.8) is 0 Å². The van der Waals surface area contributed by atoms with Crippen LogP contribution in [-0.2, 0) is 9.59 Å². The molecule has 18 heavy (non-hydrogen) atoms. The summed E-state index contributed by atoms with van der Waals surface area (Å²) in [5, 5.41) is 2.72. The first-order valence-corrected chi connectivity index (χ1v) is 6.34. The number of carbonyl (C=O) groups excluding carboxylic acids is 2. The number of hydrogen-bond acceptors (Lipinski definition) is 3. The van der Waals surface area contributed by atoms with Crippen LogP contribution in [0.1, 0.15) is 40.0 Å². The average Bonchev–Trinajstić information content (AvgIpc) is 2.13. The van der Waals surface area contributed by atoms with Gasteiger partial charge in [-0.2, -0.15) is 0 Å². The van der Waals surface area contributed by atoms with Crippen LogP contribution in [0.15, 0.2) is 0 Å². The lowest BCUT2D eigenvalue weighted by Gasteiger charge is -2.22. The van der Waals surface area contributed by atoms with Gasteiger partial charge in [-0.1, -0.05) is 20.8 Å². The Morgan fingerprint density at radius 2 is 1.83 bits per heavy atom. The molecule has 0 aromatic heterocycles. The third-order valence-electron chi connectivity index (χ3n) is 2.48. The summed E-state index contributed by atoms with van der Waals surface area (Å²) in [5.41, 5.74) is 6.03. The largest absolute Gasteiger partial charge is 0.356 e. The van der Waals surface area contributed by atoms with E-state index < -0.39 is 0 Å². The number of nitrogens with one attached hydrogen (secondary N) is 1. The molecule has 1 atom stereocenters. The summed E-state index contributed by atoms with van der Waals surface area (Å²) in [6, 6.07) is -0.130. The third-order valence-corrected chi connectivity index (χ3v) is 2.48. The standard InChI is InChI=1S/C13H27N3O2/c1-13(2,3)9-10(14)8-11(17)15-7-6-12(18)16(4)5/h10H,6-9,14H2,1-5H3,(H,15,17). The molecule has 0 heterocycles. The van der Waals surface area contributed by atoms with Crippen LogP contribution in [0.5, 0.6) is 0 Å². The molecule has 0 spiro atoms. The van der Waals surface area contributed by atoms with Crippen LogP contribution in [0, 0.1) is 5.41 Å². The Hall–Kier alpha value is -1.10. The molecule has 0 bridgehead atoms. The fourth-order valence-electron chi connectivity index (χ4n) is 1.70. The Bertz CT molecular complexity index is 282. The van der Waals surface area contributed by atoms with Crippen molar-refractivity contribution in [1.29, 1.82) is 0 Å². The smallest absolute Gasteiger partial charge is 0.223 e. The minimum atomic E-state index is -0.130. The Labute approximate surface area is 110 Å². The summed E-state index contributed by atoms with van der Waals surface area (Å²) in [6.07, 6.45) is 1.44. The Kier molecular flexibility index (Phi) is 6.91. The summed E-state index contributed by atoms with van der Waals surface area (Å²) in [4.78, 5) is 24.4. The first-order chi connectivity index (χ1) is 8.11. The third kappa shape index (κ3) is 8.98. The molecule has 2 amide bonds. The van der Waals surface area contributed by atoms with Gasteiger partial charge in [-0.25, -0.2) is 0 Å². The fourth-order valence-corrected chi connectivity index (χ4v) is 1.70. The first kappa shape index (κ1) is 16.9. The van der Waals surface area contributed by atoms with E-state index in [1.807, 2.05) is 0 Å². The monoisotopic (exact) mass is 257 g/mol. The summed E-state index contributed by atoms with van der Waals surface area (Å²) < 4.78 is 0. The van der Waals surface area contributed by atoms with Gasteiger partial charge in [-0.05, 0) is 11.8 Å². The van der Waals surface area contributed by atoms with Crippen LogP contribution in [-0.4, -0.2) is 43.4 Å². The Morgan fingerprint density at radius 1 is 1.28 bits per heavy atom. The van der Waals surface area contributed by atoms with E-state index in [1.54, 1.807) is 14.1 Å². The van der Waals surface area contributed by atoms with E-state index in [2.05, 4.69) is 26.1 Å². The van der Waals surface area contributed by atoms with Crippen LogP contribution >= 0.6 is 0 Å². The average molecular weight is 257 g/mol. The van der Waals surface area contributed by atoms with Crippen LogP contribution in [0.3, 0.4) is 0 Å². The van der Waals surface area contributed by atoms with Crippen molar-refractivity contribution in [3.8, 4) is 0 Å². The van der Waals surface area contributed by atoms with Gasteiger partial charge >= 0.3 is 0 Å². The topological polar surface area (TPSA) is 75.4 Å². The van der Waals surface area contributed by atoms with Crippen LogP contribution in [0.25, 0.3) is 0 Å². The number of hydrogen-bond donors (Lipinski definition) is 2. The molecule has 0 aliphatic rings. The number of rotatable bonds is 6. The maximum absolute atomic E-state index is 11.6. The molecular formula is C13H27N3O2. The number of nitrogens with two attached hydrogens (primary N) is 1. The van der Waals surface area contributed by atoms with Crippen molar-refractivity contribution >= 4 is 11.8 Å². The van der Waals surface area contributed by atoms with E-state index in [0.29, 0.717) is 19.4 Å². The molecule has 0 rings (SSSR count). The van der Waals surface area contributed by atoms with Crippen molar-refractivity contribution in [2.75, 3.05) is 20.6 Å². The molecule has 0 saturated heterocycles. The second-order valence-electron chi connectivity index (χ2n) is 6.12. The SMILES string of the molecule is CN(C)C(=O)CCNC(=O)CC(N)CC(C)(C)C. The van der Waals surface area contributed by atoms with Crippen LogP contribution in [0.4, 0.5) is 0 Å². The van der Waals surface area contributed by atoms with E-state index in [1.165, 1.54) is 4.90 Å². The van der Waals surface area contributed by atoms with Crippen molar-refractivity contribution in [3.05, 3.63) is 0 Å². The van der Waals surface area contributed by atoms with E-state index in [9.17, 15) is 9.59 Å². The van der Waals surface area contributed by atoms with Gasteiger partial charge < -0.3 is 16.0 Å². The molecule has 0 saturated carbocycles.